The lowest BCUT2D eigenvalue weighted by molar-refractivity contribution is 0.143. The van der Waals surface area contributed by atoms with Gasteiger partial charge in [0.15, 0.2) is 11.5 Å². The number of aliphatic hydroxyl groups is 1. The number of hydrogen-bond donors (Lipinski definition) is 1. The molecule has 1 aromatic carbocycles. The van der Waals surface area contributed by atoms with E-state index in [-0.39, 0.29) is 12.6 Å². The molecule has 1 aliphatic heterocycles. The van der Waals surface area contributed by atoms with Crippen molar-refractivity contribution in [1.29, 1.82) is 0 Å². The lowest BCUT2D eigenvalue weighted by Crippen LogP contribution is -2.36. The Hall–Kier alpha value is -1.26. The first kappa shape index (κ1) is 18.1. The van der Waals surface area contributed by atoms with Crippen molar-refractivity contribution in [1.82, 2.24) is 4.90 Å². The lowest BCUT2D eigenvalue weighted by Gasteiger charge is -2.37. The third kappa shape index (κ3) is 4.39. The molecule has 23 heavy (non-hydrogen) atoms. The predicted octanol–water partition coefficient (Wildman–Crippen LogP) is 3.42. The van der Waals surface area contributed by atoms with Crippen LogP contribution < -0.4 is 9.47 Å². The van der Waals surface area contributed by atoms with E-state index in [0.717, 1.165) is 43.3 Å². The van der Waals surface area contributed by atoms with Gasteiger partial charge in [-0.2, -0.15) is 0 Å². The summed E-state index contributed by atoms with van der Waals surface area (Å²) in [7, 11) is 3.35. The molecule has 130 valence electrons. The van der Waals surface area contributed by atoms with Gasteiger partial charge in [0.2, 0.25) is 0 Å². The minimum absolute atomic E-state index is 0.207. The molecule has 0 saturated carbocycles. The summed E-state index contributed by atoms with van der Waals surface area (Å²) in [6.45, 7) is 6.89. The Morgan fingerprint density at radius 3 is 2.52 bits per heavy atom. The van der Waals surface area contributed by atoms with E-state index in [9.17, 15) is 5.11 Å². The van der Waals surface area contributed by atoms with Crippen LogP contribution in [0.15, 0.2) is 12.1 Å². The van der Waals surface area contributed by atoms with Crippen molar-refractivity contribution in [2.45, 2.75) is 45.6 Å². The van der Waals surface area contributed by atoms with Crippen LogP contribution in [0.5, 0.6) is 11.5 Å². The van der Waals surface area contributed by atoms with Crippen LogP contribution in [-0.2, 0) is 6.42 Å². The van der Waals surface area contributed by atoms with E-state index in [4.69, 9.17) is 9.47 Å². The SMILES string of the molecule is COc1cc2c(cc1OC)[C@@H](CCO)N(CCCC(C)C)CC2. The normalized spacial score (nSPS) is 18.1. The van der Waals surface area contributed by atoms with Gasteiger partial charge in [-0.05, 0) is 61.4 Å². The second-order valence-corrected chi connectivity index (χ2v) is 6.76. The number of rotatable bonds is 8. The van der Waals surface area contributed by atoms with Crippen LogP contribution in [0.25, 0.3) is 0 Å². The van der Waals surface area contributed by atoms with Gasteiger partial charge >= 0.3 is 0 Å². The number of aliphatic hydroxyl groups excluding tert-OH is 1. The summed E-state index contributed by atoms with van der Waals surface area (Å²) in [5, 5.41) is 9.52. The molecule has 0 spiro atoms. The van der Waals surface area contributed by atoms with Crippen molar-refractivity contribution in [3.63, 3.8) is 0 Å². The van der Waals surface area contributed by atoms with E-state index in [0.29, 0.717) is 0 Å². The molecule has 0 radical (unpaired) electrons. The molecule has 1 aromatic rings. The van der Waals surface area contributed by atoms with Gasteiger partial charge in [0.1, 0.15) is 0 Å². The Morgan fingerprint density at radius 1 is 1.22 bits per heavy atom. The van der Waals surface area contributed by atoms with Crippen molar-refractivity contribution in [2.24, 2.45) is 5.92 Å². The van der Waals surface area contributed by atoms with Crippen LogP contribution in [0.3, 0.4) is 0 Å². The molecule has 0 bridgehead atoms. The van der Waals surface area contributed by atoms with Gasteiger partial charge in [0.05, 0.1) is 14.2 Å². The first-order valence-corrected chi connectivity index (χ1v) is 8.70. The number of methoxy groups -OCH3 is 2. The van der Waals surface area contributed by atoms with Gasteiger partial charge in [-0.15, -0.1) is 0 Å². The number of benzene rings is 1. The third-order valence-electron chi connectivity index (χ3n) is 4.74. The number of fused-ring (bicyclic) bond motifs is 1. The maximum absolute atomic E-state index is 9.52. The van der Waals surface area contributed by atoms with Crippen LogP contribution in [0, 0.1) is 5.92 Å². The van der Waals surface area contributed by atoms with Crippen LogP contribution in [-0.4, -0.2) is 43.9 Å². The van der Waals surface area contributed by atoms with Crippen molar-refractivity contribution in [3.8, 4) is 11.5 Å². The summed E-state index contributed by atoms with van der Waals surface area (Å²) >= 11 is 0. The second-order valence-electron chi connectivity index (χ2n) is 6.76. The molecule has 0 saturated heterocycles. The summed E-state index contributed by atoms with van der Waals surface area (Å²) in [5.74, 6) is 2.31. The van der Waals surface area contributed by atoms with Gasteiger partial charge in [-0.1, -0.05) is 13.8 Å². The molecule has 1 heterocycles. The van der Waals surface area contributed by atoms with E-state index in [1.807, 2.05) is 0 Å². The van der Waals surface area contributed by atoms with Crippen LogP contribution in [0.4, 0.5) is 0 Å². The Bertz CT molecular complexity index is 502. The standard InChI is InChI=1S/C19H31NO3/c1-14(2)6-5-9-20-10-7-15-12-18(22-3)19(23-4)13-16(15)17(20)8-11-21/h12-14,17,21H,5-11H2,1-4H3/t17-/m1/s1. The fourth-order valence-electron chi connectivity index (χ4n) is 3.51. The molecular formula is C19H31NO3. The highest BCUT2D eigenvalue weighted by Crippen LogP contribution is 2.39. The summed E-state index contributed by atoms with van der Waals surface area (Å²) < 4.78 is 10.9. The molecule has 4 heteroatoms. The van der Waals surface area contributed by atoms with E-state index in [1.165, 1.54) is 24.0 Å². The van der Waals surface area contributed by atoms with Crippen LogP contribution >= 0.6 is 0 Å². The molecule has 1 aliphatic rings. The van der Waals surface area contributed by atoms with E-state index in [1.54, 1.807) is 14.2 Å². The molecule has 0 aromatic heterocycles. The van der Waals surface area contributed by atoms with Crippen LogP contribution in [0.1, 0.15) is 50.3 Å². The zero-order valence-corrected chi connectivity index (χ0v) is 15.0. The Morgan fingerprint density at radius 2 is 1.91 bits per heavy atom. The average molecular weight is 321 g/mol. The van der Waals surface area contributed by atoms with Crippen molar-refractivity contribution in [3.05, 3.63) is 23.3 Å². The minimum atomic E-state index is 0.207. The Balaban J connectivity index is 2.22. The van der Waals surface area contributed by atoms with E-state index >= 15 is 0 Å². The topological polar surface area (TPSA) is 41.9 Å². The van der Waals surface area contributed by atoms with E-state index in [2.05, 4.69) is 30.9 Å². The molecule has 0 fully saturated rings. The highest BCUT2D eigenvalue weighted by atomic mass is 16.5. The van der Waals surface area contributed by atoms with Crippen molar-refractivity contribution >= 4 is 0 Å². The summed E-state index contributed by atoms with van der Waals surface area (Å²) in [6, 6.07) is 4.48. The molecular weight excluding hydrogens is 290 g/mol. The molecule has 0 unspecified atom stereocenters. The van der Waals surface area contributed by atoms with Crippen molar-refractivity contribution < 1.29 is 14.6 Å². The van der Waals surface area contributed by atoms with Crippen LogP contribution in [0.2, 0.25) is 0 Å². The Kier molecular flexibility index (Phi) is 6.72. The molecule has 1 N–H and O–H groups in total. The zero-order chi connectivity index (χ0) is 16.8. The third-order valence-corrected chi connectivity index (χ3v) is 4.74. The van der Waals surface area contributed by atoms with Gasteiger partial charge in [0, 0.05) is 19.2 Å². The van der Waals surface area contributed by atoms with Gasteiger partial charge < -0.3 is 14.6 Å². The molecule has 1 atom stereocenters. The maximum atomic E-state index is 9.52. The second kappa shape index (κ2) is 8.55. The highest BCUT2D eigenvalue weighted by molar-refractivity contribution is 5.49. The predicted molar refractivity (Wildman–Crippen MR) is 93.3 cm³/mol. The summed E-state index contributed by atoms with van der Waals surface area (Å²) in [4.78, 5) is 2.52. The summed E-state index contributed by atoms with van der Waals surface area (Å²) in [5.41, 5.74) is 2.61. The average Bonchev–Trinajstić information content (AvgIpc) is 2.55. The monoisotopic (exact) mass is 321 g/mol. The molecule has 0 aliphatic carbocycles. The largest absolute Gasteiger partial charge is 0.493 e. The first-order chi connectivity index (χ1) is 11.1. The number of hydrogen-bond acceptors (Lipinski definition) is 4. The number of nitrogens with zero attached hydrogens (tertiary/aromatic N) is 1. The highest BCUT2D eigenvalue weighted by Gasteiger charge is 2.28. The lowest BCUT2D eigenvalue weighted by atomic mass is 9.90. The van der Waals surface area contributed by atoms with Gasteiger partial charge in [-0.25, -0.2) is 0 Å². The minimum Gasteiger partial charge on any atom is -0.493 e. The summed E-state index contributed by atoms with van der Waals surface area (Å²) in [6.07, 6.45) is 4.26. The fourth-order valence-corrected chi connectivity index (χ4v) is 3.51. The Labute approximate surface area is 140 Å². The van der Waals surface area contributed by atoms with Crippen molar-refractivity contribution in [2.75, 3.05) is 33.9 Å². The van der Waals surface area contributed by atoms with Gasteiger partial charge in [0.25, 0.3) is 0 Å². The quantitative estimate of drug-likeness (QED) is 0.796. The van der Waals surface area contributed by atoms with E-state index < -0.39 is 0 Å². The fraction of sp³-hybridized carbons (Fsp3) is 0.684. The zero-order valence-electron chi connectivity index (χ0n) is 15.0. The number of ether oxygens (including phenoxy) is 2. The smallest absolute Gasteiger partial charge is 0.161 e. The molecule has 4 nitrogen and oxygen atoms in total. The maximum Gasteiger partial charge on any atom is 0.161 e. The van der Waals surface area contributed by atoms with Gasteiger partial charge in [-0.3, -0.25) is 4.90 Å². The first-order valence-electron chi connectivity index (χ1n) is 8.70. The molecule has 0 amide bonds. The molecule has 2 rings (SSSR count).